The fourth-order valence-electron chi connectivity index (χ4n) is 5.47. The Morgan fingerprint density at radius 2 is 1.20 bits per heavy atom. The molecule has 20 heavy (non-hydrogen) atoms. The molecule has 0 saturated heterocycles. The van der Waals surface area contributed by atoms with E-state index in [4.69, 9.17) is 12.7 Å². The SMILES string of the molecule is [2H]C([2H])([2H])[Si](C)(C([2H])([2H])[2H])C([Si](C)(C)C)([Si](C)(C)C)[Si](C)(C)OC(C)=O. The molecule has 0 aliphatic carbocycles. The lowest BCUT2D eigenvalue weighted by atomic mass is 10.9. The Morgan fingerprint density at radius 1 is 0.850 bits per heavy atom. The van der Waals surface area contributed by atoms with Crippen molar-refractivity contribution in [1.29, 1.82) is 0 Å². The standard InChI is InChI=1S/C14H36O2Si4/c1-13(15)16-20(11,12)14(17(2,3)4,18(5,6)7)19(8,9)10/h1-12H3/i2D3,3D3. The van der Waals surface area contributed by atoms with Crippen molar-refractivity contribution >= 4 is 38.5 Å². The Morgan fingerprint density at radius 3 is 1.40 bits per heavy atom. The van der Waals surface area contributed by atoms with E-state index in [2.05, 4.69) is 39.3 Å². The minimum absolute atomic E-state index is 0.449. The fourth-order valence-corrected chi connectivity index (χ4v) is 47.1. The third-order valence-electron chi connectivity index (χ3n) is 4.30. The summed E-state index contributed by atoms with van der Waals surface area (Å²) in [7, 11) is -11.9. The van der Waals surface area contributed by atoms with Crippen molar-refractivity contribution in [3.05, 3.63) is 0 Å². The Labute approximate surface area is 139 Å². The van der Waals surface area contributed by atoms with E-state index in [0.717, 1.165) is 0 Å². The Bertz CT molecular complexity index is 516. The van der Waals surface area contributed by atoms with Crippen molar-refractivity contribution in [3.8, 4) is 0 Å². The van der Waals surface area contributed by atoms with Gasteiger partial charge in [0.2, 0.25) is 8.32 Å². The highest BCUT2D eigenvalue weighted by Gasteiger charge is 2.69. The van der Waals surface area contributed by atoms with E-state index in [1.165, 1.54) is 6.92 Å². The van der Waals surface area contributed by atoms with E-state index < -0.39 is 55.4 Å². The second-order valence-electron chi connectivity index (χ2n) is 8.48. The number of hydrogen-bond donors (Lipinski definition) is 0. The third-order valence-corrected chi connectivity index (χ3v) is 36.3. The van der Waals surface area contributed by atoms with Crippen LogP contribution in [-0.2, 0) is 9.22 Å². The molecular formula is C14H36O2Si4. The van der Waals surface area contributed by atoms with Crippen LogP contribution in [0.5, 0.6) is 0 Å². The van der Waals surface area contributed by atoms with E-state index in [-0.39, 0.29) is 0 Å². The fraction of sp³-hybridized carbons (Fsp3) is 0.929. The molecule has 0 atom stereocenters. The van der Waals surface area contributed by atoms with Crippen LogP contribution in [0, 0.1) is 0 Å². The molecular weight excluding hydrogens is 312 g/mol. The zero-order chi connectivity index (χ0) is 21.8. The zero-order valence-electron chi connectivity index (χ0n) is 20.8. The van der Waals surface area contributed by atoms with Gasteiger partial charge in [-0.1, -0.05) is 58.8 Å². The van der Waals surface area contributed by atoms with E-state index >= 15 is 0 Å². The second-order valence-corrected chi connectivity index (χ2v) is 29.0. The van der Waals surface area contributed by atoms with E-state index in [1.54, 1.807) is 6.55 Å². The van der Waals surface area contributed by atoms with Gasteiger partial charge < -0.3 is 4.43 Å². The van der Waals surface area contributed by atoms with Crippen molar-refractivity contribution in [2.24, 2.45) is 0 Å². The lowest BCUT2D eigenvalue weighted by Crippen LogP contribution is -2.76. The number of hydrogen-bond acceptors (Lipinski definition) is 2. The van der Waals surface area contributed by atoms with Crippen molar-refractivity contribution in [2.75, 3.05) is 0 Å². The van der Waals surface area contributed by atoms with Gasteiger partial charge >= 0.3 is 0 Å². The van der Waals surface area contributed by atoms with Crippen LogP contribution in [0.2, 0.25) is 75.8 Å². The van der Waals surface area contributed by atoms with Gasteiger partial charge in [0.15, 0.2) is 0 Å². The molecule has 0 spiro atoms. The van der Waals surface area contributed by atoms with Crippen molar-refractivity contribution in [1.82, 2.24) is 0 Å². The molecule has 0 aliphatic heterocycles. The van der Waals surface area contributed by atoms with Gasteiger partial charge in [-0.05, 0) is 17.0 Å². The van der Waals surface area contributed by atoms with E-state index in [9.17, 15) is 4.79 Å². The first-order chi connectivity index (χ1) is 10.9. The summed E-state index contributed by atoms with van der Waals surface area (Å²) >= 11 is 0. The normalized spacial score (nSPS) is 20.9. The molecule has 0 rings (SSSR count). The summed E-state index contributed by atoms with van der Waals surface area (Å²) in [6.07, 6.45) is 0. The molecule has 0 aromatic heterocycles. The highest BCUT2D eigenvalue weighted by molar-refractivity contribution is 7.28. The molecule has 0 aromatic carbocycles. The molecule has 0 bridgehead atoms. The molecule has 0 fully saturated rings. The summed E-state index contributed by atoms with van der Waals surface area (Å²) in [6, 6.07) is 0. The van der Waals surface area contributed by atoms with E-state index in [1.807, 2.05) is 13.1 Å². The molecule has 0 unspecified atom stereocenters. The molecule has 0 aromatic rings. The molecule has 0 aliphatic rings. The minimum Gasteiger partial charge on any atom is -0.520 e. The zero-order valence-corrected chi connectivity index (χ0v) is 18.8. The summed E-state index contributed by atoms with van der Waals surface area (Å²) < 4.78 is 55.3. The topological polar surface area (TPSA) is 26.3 Å². The highest BCUT2D eigenvalue weighted by Crippen LogP contribution is 2.59. The molecule has 6 heteroatoms. The van der Waals surface area contributed by atoms with Crippen LogP contribution >= 0.6 is 0 Å². The van der Waals surface area contributed by atoms with Gasteiger partial charge in [0.1, 0.15) is 0 Å². The first-order valence-corrected chi connectivity index (χ1v) is 19.5. The Kier molecular flexibility index (Phi) is 3.27. The summed E-state index contributed by atoms with van der Waals surface area (Å²) in [5, 5.41) is 0. The third kappa shape index (κ3) is 3.23. The molecule has 0 N–H and O–H groups in total. The quantitative estimate of drug-likeness (QED) is 0.640. The monoisotopic (exact) mass is 354 g/mol. The Hall–Kier alpha value is 0.338. The lowest BCUT2D eigenvalue weighted by molar-refractivity contribution is -0.132. The predicted molar refractivity (Wildman–Crippen MR) is 102 cm³/mol. The first-order valence-electron chi connectivity index (χ1n) is 10.1. The second kappa shape index (κ2) is 5.51. The van der Waals surface area contributed by atoms with Crippen molar-refractivity contribution in [2.45, 2.75) is 82.7 Å². The summed E-state index contributed by atoms with van der Waals surface area (Å²) in [5.74, 6) is -0.449. The van der Waals surface area contributed by atoms with Crippen LogP contribution in [0.4, 0.5) is 0 Å². The minimum atomic E-state index is -4.00. The maximum absolute atomic E-state index is 12.0. The lowest BCUT2D eigenvalue weighted by Gasteiger charge is -2.64. The molecule has 0 heterocycles. The van der Waals surface area contributed by atoms with Gasteiger partial charge in [0.05, 0.1) is 0 Å². The molecule has 120 valence electrons. The number of rotatable bonds is 5. The van der Waals surface area contributed by atoms with Gasteiger partial charge in [0.25, 0.3) is 5.97 Å². The van der Waals surface area contributed by atoms with Crippen LogP contribution in [0.3, 0.4) is 0 Å². The van der Waals surface area contributed by atoms with Gasteiger partial charge in [-0.25, -0.2) is 0 Å². The average molecular weight is 355 g/mol. The molecule has 0 radical (unpaired) electrons. The van der Waals surface area contributed by atoms with E-state index in [0.29, 0.717) is 0 Å². The van der Waals surface area contributed by atoms with Crippen LogP contribution < -0.4 is 0 Å². The largest absolute Gasteiger partial charge is 0.520 e. The van der Waals surface area contributed by atoms with Crippen molar-refractivity contribution in [3.63, 3.8) is 0 Å². The van der Waals surface area contributed by atoms with Crippen LogP contribution in [-0.4, -0.2) is 38.5 Å². The van der Waals surface area contributed by atoms with Gasteiger partial charge in [-0.3, -0.25) is 4.79 Å². The maximum atomic E-state index is 12.0. The van der Waals surface area contributed by atoms with Crippen molar-refractivity contribution < 1.29 is 17.4 Å². The summed E-state index contributed by atoms with van der Waals surface area (Å²) in [6.45, 7) is 13.8. The maximum Gasteiger partial charge on any atom is 0.289 e. The molecule has 0 amide bonds. The van der Waals surface area contributed by atoms with Gasteiger partial charge in [0, 0.05) is 39.4 Å². The number of carbonyl (C=O) groups is 1. The van der Waals surface area contributed by atoms with Crippen LogP contribution in [0.1, 0.15) is 15.1 Å². The summed E-state index contributed by atoms with van der Waals surface area (Å²) in [5.41, 5.74) is 0. The smallest absolute Gasteiger partial charge is 0.289 e. The Balaban J connectivity index is 7.67. The van der Waals surface area contributed by atoms with Gasteiger partial charge in [-0.2, -0.15) is 0 Å². The molecule has 0 saturated carbocycles. The average Bonchev–Trinajstić information content (AvgIpc) is 2.18. The predicted octanol–water partition coefficient (Wildman–Crippen LogP) is 5.13. The highest BCUT2D eigenvalue weighted by atomic mass is 28.5. The van der Waals surface area contributed by atoms with Gasteiger partial charge in [-0.15, -0.1) is 0 Å². The van der Waals surface area contributed by atoms with Crippen LogP contribution in [0.15, 0.2) is 0 Å². The summed E-state index contributed by atoms with van der Waals surface area (Å²) in [4.78, 5) is 12.0. The molecule has 2 nitrogen and oxygen atoms in total. The first kappa shape index (κ1) is 11.8. The number of carbonyl (C=O) groups excluding carboxylic acids is 1. The van der Waals surface area contributed by atoms with Crippen LogP contribution in [0.25, 0.3) is 0 Å².